The molecule has 0 bridgehead atoms. The van der Waals surface area contributed by atoms with Crippen LogP contribution in [0.2, 0.25) is 0 Å². The van der Waals surface area contributed by atoms with E-state index in [0.29, 0.717) is 0 Å². The average molecular weight is 265 g/mol. The first-order chi connectivity index (χ1) is 7.33. The van der Waals surface area contributed by atoms with Crippen molar-refractivity contribution in [1.82, 2.24) is 9.21 Å². The van der Waals surface area contributed by atoms with E-state index in [1.807, 2.05) is 7.05 Å². The van der Waals surface area contributed by atoms with Crippen LogP contribution in [0.25, 0.3) is 0 Å². The number of thiocarbonyl (C=S) groups is 1. The van der Waals surface area contributed by atoms with Gasteiger partial charge in [0.05, 0.1) is 4.99 Å². The quantitative estimate of drug-likeness (QED) is 0.703. The average Bonchev–Trinajstić information content (AvgIpc) is 2.14. The topological polar surface area (TPSA) is 66.6 Å². The van der Waals surface area contributed by atoms with E-state index in [4.69, 9.17) is 5.73 Å². The van der Waals surface area contributed by atoms with Crippen molar-refractivity contribution in [1.29, 1.82) is 0 Å². The molecule has 0 saturated carbocycles. The van der Waals surface area contributed by atoms with Gasteiger partial charge >= 0.3 is 0 Å². The third-order valence-electron chi connectivity index (χ3n) is 2.88. The molecular formula is C9H19N3O2S2. The molecule has 1 atom stereocenters. The van der Waals surface area contributed by atoms with E-state index in [0.717, 1.165) is 25.9 Å². The zero-order chi connectivity index (χ0) is 12.3. The smallest absolute Gasteiger partial charge is 0.220 e. The Bertz CT molecular complexity index is 356. The molecule has 0 spiro atoms. The van der Waals surface area contributed by atoms with Crippen LogP contribution in [-0.2, 0) is 10.0 Å². The maximum atomic E-state index is 11.9. The van der Waals surface area contributed by atoms with Gasteiger partial charge < -0.3 is 10.6 Å². The standard InChI is InChI=1S/C9H19N3O2S2/c1-11-5-3-4-8(6-11)12(2)16(13,14)7-9(10)15/h8H,3-7H2,1-2H3,(H2,10,15). The third kappa shape index (κ3) is 3.65. The second-order valence-corrected chi connectivity index (χ2v) is 6.85. The lowest BCUT2D eigenvalue weighted by atomic mass is 10.1. The van der Waals surface area contributed by atoms with Crippen LogP contribution in [0.5, 0.6) is 0 Å². The van der Waals surface area contributed by atoms with Crippen molar-refractivity contribution in [3.63, 3.8) is 0 Å². The highest BCUT2D eigenvalue weighted by Gasteiger charge is 2.29. The van der Waals surface area contributed by atoms with Crippen LogP contribution in [0.15, 0.2) is 0 Å². The number of sulfonamides is 1. The molecular weight excluding hydrogens is 246 g/mol. The molecule has 1 unspecified atom stereocenters. The summed E-state index contributed by atoms with van der Waals surface area (Å²) in [5.74, 6) is -0.237. The Labute approximate surface area is 103 Å². The molecule has 1 heterocycles. The van der Waals surface area contributed by atoms with E-state index in [2.05, 4.69) is 17.1 Å². The van der Waals surface area contributed by atoms with Crippen molar-refractivity contribution in [2.75, 3.05) is 32.9 Å². The minimum Gasteiger partial charge on any atom is -0.392 e. The summed E-state index contributed by atoms with van der Waals surface area (Å²) in [5.41, 5.74) is 5.29. The molecule has 5 nitrogen and oxygen atoms in total. The zero-order valence-corrected chi connectivity index (χ0v) is 11.4. The second kappa shape index (κ2) is 5.39. The Morgan fingerprint density at radius 2 is 2.25 bits per heavy atom. The number of likely N-dealkylation sites (tertiary alicyclic amines) is 1. The Balaban J connectivity index is 2.69. The summed E-state index contributed by atoms with van der Waals surface area (Å²) in [7, 11) is 0.267. The summed E-state index contributed by atoms with van der Waals surface area (Å²) in [4.78, 5) is 2.16. The van der Waals surface area contributed by atoms with Crippen LogP contribution in [-0.4, -0.2) is 61.6 Å². The highest BCUT2D eigenvalue weighted by molar-refractivity contribution is 7.92. The SMILES string of the molecule is CN1CCCC(N(C)S(=O)(=O)CC(N)=S)C1. The van der Waals surface area contributed by atoms with Gasteiger partial charge in [-0.25, -0.2) is 12.7 Å². The predicted octanol–water partition coefficient (Wildman–Crippen LogP) is -0.372. The Morgan fingerprint density at radius 3 is 2.75 bits per heavy atom. The maximum absolute atomic E-state index is 11.9. The van der Waals surface area contributed by atoms with Crippen molar-refractivity contribution in [2.45, 2.75) is 18.9 Å². The molecule has 1 rings (SSSR count). The predicted molar refractivity (Wildman–Crippen MR) is 68.9 cm³/mol. The molecule has 0 amide bonds. The first-order valence-electron chi connectivity index (χ1n) is 5.25. The van der Waals surface area contributed by atoms with Gasteiger partial charge in [-0.1, -0.05) is 12.2 Å². The van der Waals surface area contributed by atoms with Crippen LogP contribution < -0.4 is 5.73 Å². The van der Waals surface area contributed by atoms with E-state index in [1.54, 1.807) is 7.05 Å². The maximum Gasteiger partial charge on any atom is 0.220 e. The fourth-order valence-corrected chi connectivity index (χ4v) is 3.58. The summed E-state index contributed by atoms with van der Waals surface area (Å²) in [6, 6.07) is 0.0399. The Hall–Kier alpha value is -0.240. The number of piperidine rings is 1. The van der Waals surface area contributed by atoms with Gasteiger partial charge in [0.15, 0.2) is 0 Å². The van der Waals surface area contributed by atoms with Crippen LogP contribution >= 0.6 is 12.2 Å². The molecule has 0 aromatic carbocycles. The van der Waals surface area contributed by atoms with Crippen molar-refractivity contribution in [3.05, 3.63) is 0 Å². The Morgan fingerprint density at radius 1 is 1.62 bits per heavy atom. The minimum atomic E-state index is -3.34. The highest BCUT2D eigenvalue weighted by Crippen LogP contribution is 2.16. The Kier molecular flexibility index (Phi) is 4.66. The van der Waals surface area contributed by atoms with Crippen LogP contribution in [0.4, 0.5) is 0 Å². The molecule has 1 aliphatic heterocycles. The number of likely N-dealkylation sites (N-methyl/N-ethyl adjacent to an activating group) is 2. The number of rotatable bonds is 4. The van der Waals surface area contributed by atoms with E-state index in [-0.39, 0.29) is 16.8 Å². The fraction of sp³-hybridized carbons (Fsp3) is 0.889. The molecule has 7 heteroatoms. The van der Waals surface area contributed by atoms with Gasteiger partial charge in [0.1, 0.15) is 5.75 Å². The molecule has 94 valence electrons. The minimum absolute atomic E-state index is 0.0241. The van der Waals surface area contributed by atoms with Gasteiger partial charge in [0, 0.05) is 19.6 Å². The van der Waals surface area contributed by atoms with Crippen molar-refractivity contribution >= 4 is 27.2 Å². The lowest BCUT2D eigenvalue weighted by Gasteiger charge is -2.35. The lowest BCUT2D eigenvalue weighted by Crippen LogP contribution is -2.48. The van der Waals surface area contributed by atoms with Crippen molar-refractivity contribution in [2.24, 2.45) is 5.73 Å². The van der Waals surface area contributed by atoms with E-state index < -0.39 is 10.0 Å². The van der Waals surface area contributed by atoms with Gasteiger partial charge in [-0.05, 0) is 26.4 Å². The molecule has 16 heavy (non-hydrogen) atoms. The molecule has 1 fully saturated rings. The molecule has 2 N–H and O–H groups in total. The first kappa shape index (κ1) is 13.8. The van der Waals surface area contributed by atoms with Crippen LogP contribution in [0, 0.1) is 0 Å². The van der Waals surface area contributed by atoms with Crippen LogP contribution in [0.3, 0.4) is 0 Å². The van der Waals surface area contributed by atoms with Gasteiger partial charge in [0.2, 0.25) is 10.0 Å². The number of hydrogen-bond acceptors (Lipinski definition) is 4. The summed E-state index contributed by atoms with van der Waals surface area (Å²) in [6.07, 6.45) is 1.92. The molecule has 0 aromatic heterocycles. The van der Waals surface area contributed by atoms with Crippen molar-refractivity contribution in [3.8, 4) is 0 Å². The molecule has 1 aliphatic rings. The third-order valence-corrected chi connectivity index (χ3v) is 5.06. The normalized spacial score (nSPS) is 23.6. The number of nitrogens with zero attached hydrogens (tertiary/aromatic N) is 2. The first-order valence-corrected chi connectivity index (χ1v) is 7.27. The second-order valence-electron chi connectivity index (χ2n) is 4.30. The largest absolute Gasteiger partial charge is 0.392 e. The van der Waals surface area contributed by atoms with Gasteiger partial charge in [-0.2, -0.15) is 0 Å². The summed E-state index contributed by atoms with van der Waals surface area (Å²) in [5, 5.41) is 0. The zero-order valence-electron chi connectivity index (χ0n) is 9.72. The summed E-state index contributed by atoms with van der Waals surface area (Å²) in [6.45, 7) is 1.80. The molecule has 0 radical (unpaired) electrons. The van der Waals surface area contributed by atoms with Gasteiger partial charge in [-0.3, -0.25) is 0 Å². The van der Waals surface area contributed by atoms with E-state index >= 15 is 0 Å². The molecule has 0 aliphatic carbocycles. The highest BCUT2D eigenvalue weighted by atomic mass is 32.2. The van der Waals surface area contributed by atoms with Crippen molar-refractivity contribution < 1.29 is 8.42 Å². The number of nitrogens with two attached hydrogens (primary N) is 1. The summed E-state index contributed by atoms with van der Waals surface area (Å²) >= 11 is 4.65. The molecule has 1 saturated heterocycles. The van der Waals surface area contributed by atoms with Gasteiger partial charge in [-0.15, -0.1) is 0 Å². The van der Waals surface area contributed by atoms with Crippen LogP contribution in [0.1, 0.15) is 12.8 Å². The fourth-order valence-electron chi connectivity index (χ4n) is 1.94. The monoisotopic (exact) mass is 265 g/mol. The van der Waals surface area contributed by atoms with Gasteiger partial charge in [0.25, 0.3) is 0 Å². The van der Waals surface area contributed by atoms with E-state index in [1.165, 1.54) is 4.31 Å². The van der Waals surface area contributed by atoms with E-state index in [9.17, 15) is 8.42 Å². The molecule has 0 aromatic rings. The summed E-state index contributed by atoms with van der Waals surface area (Å²) < 4.78 is 25.2. The lowest BCUT2D eigenvalue weighted by molar-refractivity contribution is 0.188. The number of hydrogen-bond donors (Lipinski definition) is 1.